The summed E-state index contributed by atoms with van der Waals surface area (Å²) in [5, 5.41) is 2.35. The number of aromatic nitrogens is 3. The second-order valence-corrected chi connectivity index (χ2v) is 8.33. The normalized spacial score (nSPS) is 15.2. The van der Waals surface area contributed by atoms with Gasteiger partial charge in [0.2, 0.25) is 5.91 Å². The van der Waals surface area contributed by atoms with E-state index in [1.807, 2.05) is 33.0 Å². The molecule has 0 unspecified atom stereocenters. The maximum absolute atomic E-state index is 13.0. The van der Waals surface area contributed by atoms with E-state index >= 15 is 0 Å². The maximum atomic E-state index is 13.0. The van der Waals surface area contributed by atoms with E-state index in [2.05, 4.69) is 14.9 Å². The molecular weight excluding hydrogens is 422 g/mol. The highest BCUT2D eigenvalue weighted by molar-refractivity contribution is 7.15. The van der Waals surface area contributed by atoms with Crippen molar-refractivity contribution in [2.24, 2.45) is 0 Å². The van der Waals surface area contributed by atoms with Crippen LogP contribution in [-0.4, -0.2) is 69.5 Å². The number of pyridine rings is 1. The van der Waals surface area contributed by atoms with E-state index in [-0.39, 0.29) is 5.91 Å². The van der Waals surface area contributed by atoms with Crippen LogP contribution in [0.15, 0.2) is 42.2 Å². The van der Waals surface area contributed by atoms with Crippen molar-refractivity contribution in [3.05, 3.63) is 58.6 Å². The van der Waals surface area contributed by atoms with Crippen LogP contribution in [0.25, 0.3) is 11.0 Å². The van der Waals surface area contributed by atoms with Crippen LogP contribution in [0.5, 0.6) is 0 Å². The number of carbonyl (C=O) groups excluding carboxylic acids is 1. The summed E-state index contributed by atoms with van der Waals surface area (Å²) in [5.41, 5.74) is 1.78. The molecule has 30 heavy (non-hydrogen) atoms. The summed E-state index contributed by atoms with van der Waals surface area (Å²) in [5.74, 6) is -0.0463. The second-order valence-electron chi connectivity index (χ2n) is 7.10. The Morgan fingerprint density at radius 3 is 2.90 bits per heavy atom. The smallest absolute Gasteiger partial charge is 0.246 e. The monoisotopic (exact) mass is 445 g/mol. The van der Waals surface area contributed by atoms with E-state index in [1.54, 1.807) is 24.5 Å². The highest BCUT2D eigenvalue weighted by atomic mass is 35.5. The third-order valence-electron chi connectivity index (χ3n) is 5.08. The van der Waals surface area contributed by atoms with Crippen LogP contribution < -0.4 is 0 Å². The molecule has 1 fully saturated rings. The Morgan fingerprint density at radius 2 is 2.10 bits per heavy atom. The highest BCUT2D eigenvalue weighted by Gasteiger charge is 2.15. The fourth-order valence-electron chi connectivity index (χ4n) is 3.47. The molecule has 9 heteroatoms. The predicted molar refractivity (Wildman–Crippen MR) is 119 cm³/mol. The minimum atomic E-state index is -0.0463. The van der Waals surface area contributed by atoms with Gasteiger partial charge in [-0.25, -0.2) is 4.98 Å². The molecule has 0 bridgehead atoms. The zero-order chi connectivity index (χ0) is 20.8. The van der Waals surface area contributed by atoms with Crippen LogP contribution in [0, 0.1) is 0 Å². The van der Waals surface area contributed by atoms with Crippen molar-refractivity contribution in [3.63, 3.8) is 0 Å². The van der Waals surface area contributed by atoms with Crippen molar-refractivity contribution >= 4 is 39.9 Å². The quantitative estimate of drug-likeness (QED) is 0.498. The molecule has 3 aromatic rings. The Kier molecular flexibility index (Phi) is 7.11. The van der Waals surface area contributed by atoms with Crippen molar-refractivity contribution < 1.29 is 9.53 Å². The van der Waals surface area contributed by atoms with E-state index < -0.39 is 0 Å². The van der Waals surface area contributed by atoms with Gasteiger partial charge in [0, 0.05) is 62.8 Å². The molecule has 0 atom stereocenters. The lowest BCUT2D eigenvalue weighted by Crippen LogP contribution is -2.38. The van der Waals surface area contributed by atoms with Gasteiger partial charge in [-0.05, 0) is 30.2 Å². The number of hydrogen-bond acceptors (Lipinski definition) is 6. The summed E-state index contributed by atoms with van der Waals surface area (Å²) in [7, 11) is 0. The average Bonchev–Trinajstić information content (AvgIpc) is 3.33. The molecule has 3 aromatic heterocycles. The Morgan fingerprint density at radius 1 is 1.30 bits per heavy atom. The van der Waals surface area contributed by atoms with Gasteiger partial charge in [-0.2, -0.15) is 0 Å². The van der Waals surface area contributed by atoms with Crippen LogP contribution in [0.4, 0.5) is 0 Å². The third-order valence-corrected chi connectivity index (χ3v) is 6.11. The minimum absolute atomic E-state index is 0.0463. The number of carbonyl (C=O) groups is 1. The van der Waals surface area contributed by atoms with Gasteiger partial charge in [-0.3, -0.25) is 19.1 Å². The molecule has 0 aliphatic carbocycles. The molecule has 1 amide bonds. The number of halogens is 1. The molecule has 0 saturated carbocycles. The Hall–Kier alpha value is -2.26. The first-order chi connectivity index (χ1) is 14.7. The molecular formula is C21H24ClN5O2S. The summed E-state index contributed by atoms with van der Waals surface area (Å²) in [6, 6.07) is 3.88. The van der Waals surface area contributed by atoms with Gasteiger partial charge < -0.3 is 9.64 Å². The lowest BCUT2D eigenvalue weighted by atomic mass is 10.2. The van der Waals surface area contributed by atoms with E-state index in [9.17, 15) is 4.79 Å². The van der Waals surface area contributed by atoms with Crippen LogP contribution in [0.1, 0.15) is 17.7 Å². The third kappa shape index (κ3) is 5.26. The molecule has 158 valence electrons. The van der Waals surface area contributed by atoms with Crippen molar-refractivity contribution in [3.8, 4) is 0 Å². The molecule has 7 nitrogen and oxygen atoms in total. The molecule has 0 radical (unpaired) electrons. The number of imidazole rings is 1. The highest BCUT2D eigenvalue weighted by Crippen LogP contribution is 2.22. The summed E-state index contributed by atoms with van der Waals surface area (Å²) in [6.07, 6.45) is 9.65. The zero-order valence-electron chi connectivity index (χ0n) is 16.6. The Bertz CT molecular complexity index is 997. The molecule has 0 N–H and O–H groups in total. The molecule has 0 aromatic carbocycles. The number of rotatable bonds is 8. The largest absolute Gasteiger partial charge is 0.379 e. The second kappa shape index (κ2) is 10.2. The first-order valence-corrected chi connectivity index (χ1v) is 11.2. The van der Waals surface area contributed by atoms with Crippen molar-refractivity contribution in [1.82, 2.24) is 24.2 Å². The van der Waals surface area contributed by atoms with Crippen LogP contribution >= 0.6 is 22.9 Å². The average molecular weight is 446 g/mol. The molecule has 1 aliphatic heterocycles. The maximum Gasteiger partial charge on any atom is 0.246 e. The van der Waals surface area contributed by atoms with Gasteiger partial charge in [0.15, 0.2) is 10.1 Å². The van der Waals surface area contributed by atoms with Gasteiger partial charge in [-0.15, -0.1) is 11.3 Å². The number of hydrogen-bond donors (Lipinski definition) is 0. The van der Waals surface area contributed by atoms with Gasteiger partial charge in [-0.1, -0.05) is 11.6 Å². The van der Waals surface area contributed by atoms with Crippen molar-refractivity contribution in [2.75, 3.05) is 39.4 Å². The topological polar surface area (TPSA) is 63.0 Å². The fraction of sp³-hybridized carbons (Fsp3) is 0.381. The van der Waals surface area contributed by atoms with Gasteiger partial charge in [0.05, 0.1) is 18.9 Å². The molecule has 4 rings (SSSR count). The van der Waals surface area contributed by atoms with E-state index in [0.29, 0.717) is 18.2 Å². The number of fused-ring (bicyclic) bond motifs is 1. The first-order valence-electron chi connectivity index (χ1n) is 9.98. The lowest BCUT2D eigenvalue weighted by Gasteiger charge is -2.28. The predicted octanol–water partition coefficient (Wildman–Crippen LogP) is 3.21. The number of morpholine rings is 1. The molecule has 1 saturated heterocycles. The number of amides is 1. The summed E-state index contributed by atoms with van der Waals surface area (Å²) >= 11 is 7.76. The standard InChI is InChI=1S/C21H24ClN5O2S/c22-20-18(27-12-15-30-21(27)24-20)2-3-19(28)26(16-17-4-6-23-7-5-17)9-1-8-25-10-13-29-14-11-25/h2-7,12,15H,1,8-11,13-14,16H2/b3-2+. The summed E-state index contributed by atoms with van der Waals surface area (Å²) in [4.78, 5) is 26.5. The van der Waals surface area contributed by atoms with Gasteiger partial charge in [0.25, 0.3) is 0 Å². The first kappa shape index (κ1) is 21.0. The van der Waals surface area contributed by atoms with Crippen molar-refractivity contribution in [1.29, 1.82) is 0 Å². The number of nitrogens with zero attached hydrogens (tertiary/aromatic N) is 5. The van der Waals surface area contributed by atoms with Crippen LogP contribution in [-0.2, 0) is 16.1 Å². The van der Waals surface area contributed by atoms with E-state index in [0.717, 1.165) is 55.5 Å². The SMILES string of the molecule is O=C(/C=C/c1c(Cl)nc2sccn12)N(CCCN1CCOCC1)Cc1ccncc1. The lowest BCUT2D eigenvalue weighted by molar-refractivity contribution is -0.126. The summed E-state index contributed by atoms with van der Waals surface area (Å²) < 4.78 is 7.30. The van der Waals surface area contributed by atoms with Crippen LogP contribution in [0.2, 0.25) is 5.15 Å². The zero-order valence-corrected chi connectivity index (χ0v) is 18.2. The minimum Gasteiger partial charge on any atom is -0.379 e. The Balaban J connectivity index is 1.43. The van der Waals surface area contributed by atoms with Crippen molar-refractivity contribution in [2.45, 2.75) is 13.0 Å². The molecule has 4 heterocycles. The van der Waals surface area contributed by atoms with Crippen LogP contribution in [0.3, 0.4) is 0 Å². The Labute approximate surface area is 184 Å². The molecule has 0 spiro atoms. The van der Waals surface area contributed by atoms with E-state index in [4.69, 9.17) is 16.3 Å². The number of ether oxygens (including phenoxy) is 1. The molecule has 1 aliphatic rings. The fourth-order valence-corrected chi connectivity index (χ4v) is 4.47. The van der Waals surface area contributed by atoms with Gasteiger partial charge >= 0.3 is 0 Å². The number of thiazole rings is 1. The summed E-state index contributed by atoms with van der Waals surface area (Å²) in [6.45, 7) is 5.65. The van der Waals surface area contributed by atoms with E-state index in [1.165, 1.54) is 11.3 Å². The van der Waals surface area contributed by atoms with Gasteiger partial charge in [0.1, 0.15) is 0 Å².